The Morgan fingerprint density at radius 3 is 2.55 bits per heavy atom. The van der Waals surface area contributed by atoms with E-state index in [4.69, 9.17) is 26.4 Å². The fourth-order valence-electron chi connectivity index (χ4n) is 3.07. The number of thioether (sulfide) groups is 1. The molecule has 1 N–H and O–H groups in total. The lowest BCUT2D eigenvalue weighted by molar-refractivity contribution is -0.115. The number of hydrogen-bond donors (Lipinski definition) is 1. The first-order valence-corrected chi connectivity index (χ1v) is 11.8. The van der Waals surface area contributed by atoms with Crippen LogP contribution < -0.4 is 19.5 Å². The second-order valence-electron chi connectivity index (χ2n) is 7.28. The van der Waals surface area contributed by atoms with Crippen molar-refractivity contribution in [3.63, 3.8) is 0 Å². The summed E-state index contributed by atoms with van der Waals surface area (Å²) in [6.45, 7) is 7.10. The highest BCUT2D eigenvalue weighted by Crippen LogP contribution is 2.38. The number of carbonyl (C=O) groups is 1. The molecular formula is C23H24BrNO4S2. The van der Waals surface area contributed by atoms with Gasteiger partial charge in [0, 0.05) is 0 Å². The van der Waals surface area contributed by atoms with Gasteiger partial charge in [0.25, 0.3) is 5.91 Å². The van der Waals surface area contributed by atoms with Gasteiger partial charge < -0.3 is 19.5 Å². The van der Waals surface area contributed by atoms with Gasteiger partial charge in [-0.3, -0.25) is 4.79 Å². The molecule has 0 radical (unpaired) electrons. The Bertz CT molecular complexity index is 1040. The number of nitrogens with one attached hydrogen (secondary N) is 1. The van der Waals surface area contributed by atoms with Crippen molar-refractivity contribution in [2.24, 2.45) is 0 Å². The third-order valence-electron chi connectivity index (χ3n) is 4.57. The van der Waals surface area contributed by atoms with Gasteiger partial charge in [0.05, 0.1) is 16.5 Å². The molecule has 0 unspecified atom stereocenters. The van der Waals surface area contributed by atoms with Crippen LogP contribution in [-0.4, -0.2) is 30.6 Å². The van der Waals surface area contributed by atoms with Gasteiger partial charge in [-0.25, -0.2) is 0 Å². The molecule has 31 heavy (non-hydrogen) atoms. The number of ether oxygens (including phenoxy) is 3. The summed E-state index contributed by atoms with van der Waals surface area (Å²) in [6.07, 6.45) is 1.77. The summed E-state index contributed by atoms with van der Waals surface area (Å²) >= 11 is 9.82. The SMILES string of the molecule is COc1cc(C=C2SC(=S)NC2=O)cc(Br)c1OCCOc1cc(C)ccc1C(C)C. The molecule has 0 aromatic heterocycles. The minimum atomic E-state index is -0.195. The van der Waals surface area contributed by atoms with E-state index in [0.29, 0.717) is 39.9 Å². The Morgan fingerprint density at radius 2 is 1.90 bits per heavy atom. The fourth-order valence-corrected chi connectivity index (χ4v) is 4.69. The van der Waals surface area contributed by atoms with Crippen molar-refractivity contribution in [2.45, 2.75) is 26.7 Å². The Kier molecular flexibility index (Phi) is 8.02. The summed E-state index contributed by atoms with van der Waals surface area (Å²) in [5, 5.41) is 2.61. The van der Waals surface area contributed by atoms with E-state index >= 15 is 0 Å². The predicted molar refractivity (Wildman–Crippen MR) is 133 cm³/mol. The monoisotopic (exact) mass is 521 g/mol. The van der Waals surface area contributed by atoms with Gasteiger partial charge in [0.15, 0.2) is 11.5 Å². The first kappa shape index (κ1) is 23.6. The number of amides is 1. The fraction of sp³-hybridized carbons (Fsp3) is 0.304. The van der Waals surface area contributed by atoms with Crippen molar-refractivity contribution >= 4 is 56.2 Å². The van der Waals surface area contributed by atoms with Crippen molar-refractivity contribution in [3.8, 4) is 17.2 Å². The number of rotatable bonds is 8. The van der Waals surface area contributed by atoms with Crippen LogP contribution in [0.2, 0.25) is 0 Å². The van der Waals surface area contributed by atoms with Crippen molar-refractivity contribution in [2.75, 3.05) is 20.3 Å². The number of aryl methyl sites for hydroxylation is 1. The van der Waals surface area contributed by atoms with Gasteiger partial charge in [-0.15, -0.1) is 0 Å². The van der Waals surface area contributed by atoms with Crippen LogP contribution in [0.15, 0.2) is 39.7 Å². The molecule has 1 heterocycles. The average Bonchev–Trinajstić information content (AvgIpc) is 3.02. The number of hydrogen-bond acceptors (Lipinski definition) is 6. The highest BCUT2D eigenvalue weighted by molar-refractivity contribution is 9.10. The van der Waals surface area contributed by atoms with E-state index in [1.165, 1.54) is 17.3 Å². The topological polar surface area (TPSA) is 56.8 Å². The molecule has 2 aromatic rings. The maximum atomic E-state index is 11.9. The molecule has 0 bridgehead atoms. The molecule has 1 saturated heterocycles. The van der Waals surface area contributed by atoms with Gasteiger partial charge >= 0.3 is 0 Å². The zero-order valence-corrected chi connectivity index (χ0v) is 21.0. The maximum absolute atomic E-state index is 11.9. The average molecular weight is 522 g/mol. The number of methoxy groups -OCH3 is 1. The van der Waals surface area contributed by atoms with E-state index in [0.717, 1.165) is 21.3 Å². The maximum Gasteiger partial charge on any atom is 0.263 e. The van der Waals surface area contributed by atoms with Gasteiger partial charge in [0.2, 0.25) is 0 Å². The van der Waals surface area contributed by atoms with Crippen LogP contribution in [0.5, 0.6) is 17.2 Å². The van der Waals surface area contributed by atoms with Gasteiger partial charge in [-0.05, 0) is 69.7 Å². The van der Waals surface area contributed by atoms with Crippen LogP contribution in [0.25, 0.3) is 6.08 Å². The van der Waals surface area contributed by atoms with Crippen molar-refractivity contribution < 1.29 is 19.0 Å². The van der Waals surface area contributed by atoms with E-state index in [-0.39, 0.29) is 5.91 Å². The first-order valence-electron chi connectivity index (χ1n) is 9.77. The van der Waals surface area contributed by atoms with Crippen LogP contribution in [0.1, 0.15) is 36.5 Å². The smallest absolute Gasteiger partial charge is 0.263 e. The Balaban J connectivity index is 1.69. The third-order valence-corrected chi connectivity index (χ3v) is 6.32. The third kappa shape index (κ3) is 6.02. The summed E-state index contributed by atoms with van der Waals surface area (Å²) in [4.78, 5) is 12.4. The molecule has 0 spiro atoms. The number of carbonyl (C=O) groups excluding carboxylic acids is 1. The lowest BCUT2D eigenvalue weighted by Crippen LogP contribution is -2.17. The molecular weight excluding hydrogens is 498 g/mol. The Hall–Kier alpha value is -2.03. The normalized spacial score (nSPS) is 14.8. The zero-order chi connectivity index (χ0) is 22.5. The van der Waals surface area contributed by atoms with E-state index in [1.54, 1.807) is 13.2 Å². The molecule has 1 aliphatic heterocycles. The van der Waals surface area contributed by atoms with Gasteiger partial charge in [0.1, 0.15) is 23.3 Å². The molecule has 1 amide bonds. The minimum absolute atomic E-state index is 0.195. The Morgan fingerprint density at radius 1 is 1.16 bits per heavy atom. The largest absolute Gasteiger partial charge is 0.493 e. The van der Waals surface area contributed by atoms with Crippen LogP contribution in [0.4, 0.5) is 0 Å². The molecule has 8 heteroatoms. The lowest BCUT2D eigenvalue weighted by atomic mass is 10.0. The first-order chi connectivity index (χ1) is 14.8. The van der Waals surface area contributed by atoms with E-state index in [1.807, 2.05) is 19.1 Å². The predicted octanol–water partition coefficient (Wildman–Crippen LogP) is 5.84. The van der Waals surface area contributed by atoms with Crippen molar-refractivity contribution in [3.05, 3.63) is 56.4 Å². The summed E-state index contributed by atoms with van der Waals surface area (Å²) in [6, 6.07) is 9.95. The molecule has 0 aliphatic carbocycles. The quantitative estimate of drug-likeness (QED) is 0.267. The summed E-state index contributed by atoms with van der Waals surface area (Å²) in [7, 11) is 1.58. The molecule has 3 rings (SSSR count). The van der Waals surface area contributed by atoms with Crippen LogP contribution in [0, 0.1) is 6.92 Å². The van der Waals surface area contributed by atoms with Gasteiger partial charge in [-0.2, -0.15) is 0 Å². The summed E-state index contributed by atoms with van der Waals surface area (Å²) in [5.74, 6) is 2.21. The molecule has 1 aliphatic rings. The van der Waals surface area contributed by atoms with E-state index in [2.05, 4.69) is 53.3 Å². The summed E-state index contributed by atoms with van der Waals surface area (Å²) < 4.78 is 18.6. The molecule has 0 saturated carbocycles. The van der Waals surface area contributed by atoms with Crippen molar-refractivity contribution in [1.82, 2.24) is 5.32 Å². The minimum Gasteiger partial charge on any atom is -0.493 e. The van der Waals surface area contributed by atoms with E-state index in [9.17, 15) is 4.79 Å². The van der Waals surface area contributed by atoms with Crippen LogP contribution in [-0.2, 0) is 4.79 Å². The van der Waals surface area contributed by atoms with Crippen molar-refractivity contribution in [1.29, 1.82) is 0 Å². The van der Waals surface area contributed by atoms with Gasteiger partial charge in [-0.1, -0.05) is 50.0 Å². The molecule has 1 fully saturated rings. The van der Waals surface area contributed by atoms with Crippen LogP contribution in [0.3, 0.4) is 0 Å². The molecule has 5 nitrogen and oxygen atoms in total. The highest BCUT2D eigenvalue weighted by atomic mass is 79.9. The molecule has 0 atom stereocenters. The van der Waals surface area contributed by atoms with Crippen LogP contribution >= 0.6 is 39.9 Å². The highest BCUT2D eigenvalue weighted by Gasteiger charge is 2.22. The Labute approximate surface area is 200 Å². The summed E-state index contributed by atoms with van der Waals surface area (Å²) in [5.41, 5.74) is 3.13. The second-order valence-corrected chi connectivity index (χ2v) is 9.85. The number of halogens is 1. The second kappa shape index (κ2) is 10.5. The standard InChI is InChI=1S/C23H24BrNO4S2/c1-13(2)16-6-5-14(3)9-18(16)28-7-8-29-21-17(24)10-15(11-19(21)27-4)12-20-22(26)25-23(30)31-20/h5-6,9-13H,7-8H2,1-4H3,(H,25,26,30). The zero-order valence-electron chi connectivity index (χ0n) is 17.8. The lowest BCUT2D eigenvalue weighted by Gasteiger charge is -2.16. The molecule has 2 aromatic carbocycles. The number of benzene rings is 2. The van der Waals surface area contributed by atoms with E-state index < -0.39 is 0 Å². The number of thiocarbonyl (C=S) groups is 1. The molecule has 164 valence electrons.